The minimum Gasteiger partial charge on any atom is -0.279 e. The molecule has 0 unspecified atom stereocenters. The molecule has 23 heavy (non-hydrogen) atoms. The van der Waals surface area contributed by atoms with Crippen LogP contribution in [0, 0.1) is 10.1 Å². The summed E-state index contributed by atoms with van der Waals surface area (Å²) in [6, 6.07) is 8.32. The van der Waals surface area contributed by atoms with Crippen LogP contribution in [0.5, 0.6) is 0 Å². The maximum absolute atomic E-state index is 12.9. The van der Waals surface area contributed by atoms with Gasteiger partial charge in [0.25, 0.3) is 15.7 Å². The lowest BCUT2D eigenvalue weighted by molar-refractivity contribution is -0.387. The fourth-order valence-electron chi connectivity index (χ4n) is 1.85. The first-order chi connectivity index (χ1) is 10.6. The molecule has 0 bridgehead atoms. The van der Waals surface area contributed by atoms with Crippen LogP contribution in [-0.2, 0) is 16.2 Å². The molecule has 0 amide bonds. The molecule has 10 heteroatoms. The van der Waals surface area contributed by atoms with Crippen LogP contribution in [0.4, 0.5) is 24.5 Å². The van der Waals surface area contributed by atoms with Crippen LogP contribution in [-0.4, -0.2) is 13.3 Å². The first kappa shape index (κ1) is 16.7. The van der Waals surface area contributed by atoms with E-state index in [1.54, 1.807) is 4.72 Å². The molecule has 0 aromatic heterocycles. The predicted octanol–water partition coefficient (Wildman–Crippen LogP) is 3.41. The summed E-state index contributed by atoms with van der Waals surface area (Å²) in [5.41, 5.74) is -2.63. The van der Waals surface area contributed by atoms with Crippen molar-refractivity contribution in [2.75, 3.05) is 4.72 Å². The summed E-state index contributed by atoms with van der Waals surface area (Å²) in [6.45, 7) is 0. The maximum Gasteiger partial charge on any atom is 0.418 e. The second kappa shape index (κ2) is 5.88. The van der Waals surface area contributed by atoms with Crippen molar-refractivity contribution < 1.29 is 26.5 Å². The van der Waals surface area contributed by atoms with Crippen molar-refractivity contribution in [3.05, 3.63) is 64.2 Å². The predicted molar refractivity (Wildman–Crippen MR) is 75.3 cm³/mol. The Morgan fingerprint density at radius 2 is 1.57 bits per heavy atom. The largest absolute Gasteiger partial charge is 0.418 e. The van der Waals surface area contributed by atoms with Gasteiger partial charge in [0.05, 0.1) is 16.2 Å². The number of alkyl halides is 3. The molecule has 0 aliphatic carbocycles. The van der Waals surface area contributed by atoms with Crippen molar-refractivity contribution in [1.29, 1.82) is 0 Å². The van der Waals surface area contributed by atoms with Gasteiger partial charge in [-0.15, -0.1) is 0 Å². The van der Waals surface area contributed by atoms with E-state index in [1.807, 2.05) is 0 Å². The third kappa shape index (κ3) is 3.59. The van der Waals surface area contributed by atoms with Crippen molar-refractivity contribution in [3.8, 4) is 0 Å². The van der Waals surface area contributed by atoms with E-state index in [4.69, 9.17) is 0 Å². The molecule has 0 saturated heterocycles. The first-order valence-corrected chi connectivity index (χ1v) is 7.54. The molecule has 0 spiro atoms. The third-order valence-corrected chi connectivity index (χ3v) is 4.24. The molecular formula is C13H9F3N2O4S. The van der Waals surface area contributed by atoms with Crippen LogP contribution in [0.2, 0.25) is 0 Å². The summed E-state index contributed by atoms with van der Waals surface area (Å²) in [7, 11) is -4.56. The molecule has 2 rings (SSSR count). The number of nitrogens with zero attached hydrogens (tertiary/aromatic N) is 1. The zero-order valence-corrected chi connectivity index (χ0v) is 12.1. The number of rotatable bonds is 4. The lowest BCUT2D eigenvalue weighted by Gasteiger charge is -2.14. The van der Waals surface area contributed by atoms with E-state index >= 15 is 0 Å². The smallest absolute Gasteiger partial charge is 0.279 e. The summed E-state index contributed by atoms with van der Waals surface area (Å²) in [4.78, 5) is 9.23. The second-order valence-corrected chi connectivity index (χ2v) is 6.02. The SMILES string of the molecule is O=[N+]([O-])c1ccccc1S(=O)(=O)Nc1ccccc1C(F)(F)F. The van der Waals surface area contributed by atoms with Crippen LogP contribution < -0.4 is 4.72 Å². The number of anilines is 1. The molecule has 2 aromatic carbocycles. The Bertz CT molecular complexity index is 850. The Kier molecular flexibility index (Phi) is 4.28. The third-order valence-electron chi connectivity index (χ3n) is 2.83. The molecule has 2 aromatic rings. The van der Waals surface area contributed by atoms with E-state index in [9.17, 15) is 31.7 Å². The van der Waals surface area contributed by atoms with Crippen molar-refractivity contribution >= 4 is 21.4 Å². The Labute approximate surface area is 128 Å². The maximum atomic E-state index is 12.9. The molecular weight excluding hydrogens is 337 g/mol. The number of nitrogens with one attached hydrogen (secondary N) is 1. The average Bonchev–Trinajstić information content (AvgIpc) is 2.46. The standard InChI is InChI=1S/C13H9F3N2O4S/c14-13(15,16)9-5-1-2-6-10(9)17-23(21,22)12-8-4-3-7-11(12)18(19)20/h1-8,17H. The van der Waals surface area contributed by atoms with Gasteiger partial charge in [0.1, 0.15) is 0 Å². The van der Waals surface area contributed by atoms with E-state index in [-0.39, 0.29) is 0 Å². The second-order valence-electron chi connectivity index (χ2n) is 4.37. The van der Waals surface area contributed by atoms with Gasteiger partial charge in [-0.05, 0) is 18.2 Å². The fourth-order valence-corrected chi connectivity index (χ4v) is 3.11. The fraction of sp³-hybridized carbons (Fsp3) is 0.0769. The Hall–Kier alpha value is -2.62. The van der Waals surface area contributed by atoms with E-state index < -0.39 is 43.0 Å². The molecule has 0 fully saturated rings. The first-order valence-electron chi connectivity index (χ1n) is 6.05. The molecule has 0 radical (unpaired) electrons. The highest BCUT2D eigenvalue weighted by atomic mass is 32.2. The monoisotopic (exact) mass is 346 g/mol. The van der Waals surface area contributed by atoms with Crippen LogP contribution in [0.25, 0.3) is 0 Å². The number of halogens is 3. The lowest BCUT2D eigenvalue weighted by Crippen LogP contribution is -2.18. The molecule has 6 nitrogen and oxygen atoms in total. The zero-order valence-electron chi connectivity index (χ0n) is 11.2. The minimum atomic E-state index is -4.78. The van der Waals surface area contributed by atoms with E-state index in [0.29, 0.717) is 6.07 Å². The number of nitro groups is 1. The van der Waals surface area contributed by atoms with Crippen LogP contribution in [0.3, 0.4) is 0 Å². The highest BCUT2D eigenvalue weighted by Gasteiger charge is 2.35. The number of hydrogen-bond acceptors (Lipinski definition) is 4. The number of hydrogen-bond donors (Lipinski definition) is 1. The number of sulfonamides is 1. The molecule has 0 aliphatic heterocycles. The van der Waals surface area contributed by atoms with Gasteiger partial charge >= 0.3 is 6.18 Å². The van der Waals surface area contributed by atoms with E-state index in [1.165, 1.54) is 18.2 Å². The zero-order chi connectivity index (χ0) is 17.3. The van der Waals surface area contributed by atoms with Crippen LogP contribution in [0.1, 0.15) is 5.56 Å². The molecule has 0 atom stereocenters. The highest BCUT2D eigenvalue weighted by Crippen LogP contribution is 2.36. The van der Waals surface area contributed by atoms with E-state index in [0.717, 1.165) is 24.3 Å². The molecule has 1 N–H and O–H groups in total. The quantitative estimate of drug-likeness (QED) is 0.678. The van der Waals surface area contributed by atoms with Gasteiger partial charge in [-0.3, -0.25) is 14.8 Å². The van der Waals surface area contributed by atoms with Gasteiger partial charge in [-0.25, -0.2) is 8.42 Å². The van der Waals surface area contributed by atoms with Gasteiger partial charge in [0.2, 0.25) is 0 Å². The normalized spacial score (nSPS) is 12.0. The average molecular weight is 346 g/mol. The highest BCUT2D eigenvalue weighted by molar-refractivity contribution is 7.92. The van der Waals surface area contributed by atoms with Gasteiger partial charge in [0, 0.05) is 6.07 Å². The molecule has 122 valence electrons. The molecule has 0 saturated carbocycles. The molecule has 0 aliphatic rings. The summed E-state index contributed by atoms with van der Waals surface area (Å²) in [5.74, 6) is 0. The van der Waals surface area contributed by atoms with Crippen molar-refractivity contribution in [2.24, 2.45) is 0 Å². The van der Waals surface area contributed by atoms with Crippen molar-refractivity contribution in [2.45, 2.75) is 11.1 Å². The number of para-hydroxylation sites is 2. The van der Waals surface area contributed by atoms with E-state index in [2.05, 4.69) is 0 Å². The summed E-state index contributed by atoms with van der Waals surface area (Å²) < 4.78 is 64.9. The minimum absolute atomic E-state index is 0.706. The van der Waals surface area contributed by atoms with Gasteiger partial charge in [-0.1, -0.05) is 24.3 Å². The van der Waals surface area contributed by atoms with Gasteiger partial charge in [-0.2, -0.15) is 13.2 Å². The Balaban J connectivity index is 2.51. The summed E-state index contributed by atoms with van der Waals surface area (Å²) in [5, 5.41) is 10.9. The number of benzene rings is 2. The lowest BCUT2D eigenvalue weighted by atomic mass is 10.2. The van der Waals surface area contributed by atoms with Crippen LogP contribution >= 0.6 is 0 Å². The van der Waals surface area contributed by atoms with Crippen molar-refractivity contribution in [1.82, 2.24) is 0 Å². The van der Waals surface area contributed by atoms with Crippen molar-refractivity contribution in [3.63, 3.8) is 0 Å². The molecule has 0 heterocycles. The number of nitro benzene ring substituents is 1. The Morgan fingerprint density at radius 3 is 2.17 bits per heavy atom. The summed E-state index contributed by atoms with van der Waals surface area (Å²) >= 11 is 0. The van der Waals surface area contributed by atoms with Gasteiger partial charge < -0.3 is 0 Å². The van der Waals surface area contributed by atoms with Crippen LogP contribution in [0.15, 0.2) is 53.4 Å². The Morgan fingerprint density at radius 1 is 1.00 bits per heavy atom. The van der Waals surface area contributed by atoms with Gasteiger partial charge in [0.15, 0.2) is 4.90 Å². The summed E-state index contributed by atoms with van der Waals surface area (Å²) in [6.07, 6.45) is -4.78. The topological polar surface area (TPSA) is 89.3 Å².